The molecule has 9 heavy (non-hydrogen) atoms. The van der Waals surface area contributed by atoms with Gasteiger partial charge in [0.05, 0.1) is 0 Å². The second-order valence-corrected chi connectivity index (χ2v) is 1.84. The maximum absolute atomic E-state index is 5.04. The lowest BCUT2D eigenvalue weighted by Gasteiger charge is -1.84. The minimum Gasteiger partial charge on any atom is -0.120 e. The van der Waals surface area contributed by atoms with E-state index in [0.717, 1.165) is 6.42 Å². The van der Waals surface area contributed by atoms with Crippen LogP contribution in [0.2, 0.25) is 0 Å². The van der Waals surface area contributed by atoms with Crippen molar-refractivity contribution in [1.82, 2.24) is 0 Å². The lowest BCUT2D eigenvalue weighted by molar-refractivity contribution is 1.41. The molecule has 0 saturated heterocycles. The molecule has 0 aromatic heterocycles. The van der Waals surface area contributed by atoms with E-state index in [9.17, 15) is 0 Å². The largest absolute Gasteiger partial charge is 0.120 e. The van der Waals surface area contributed by atoms with Gasteiger partial charge in [0.1, 0.15) is 0 Å². The van der Waals surface area contributed by atoms with Crippen LogP contribution < -0.4 is 0 Å². The molecule has 0 aromatic rings. The molecular weight excluding hydrogens is 108 g/mol. The van der Waals surface area contributed by atoms with Gasteiger partial charge in [0, 0.05) is 6.42 Å². The van der Waals surface area contributed by atoms with Crippen molar-refractivity contribution in [3.05, 3.63) is 23.8 Å². The van der Waals surface area contributed by atoms with Gasteiger partial charge in [0.15, 0.2) is 0 Å². The molecule has 0 heteroatoms. The first kappa shape index (κ1) is 8.04. The van der Waals surface area contributed by atoms with Crippen molar-refractivity contribution in [3.8, 4) is 12.3 Å². The smallest absolute Gasteiger partial charge is 0.0270 e. The molecule has 0 spiro atoms. The molecular formula is C9H12. The third-order valence-corrected chi connectivity index (χ3v) is 1.07. The summed E-state index contributed by atoms with van der Waals surface area (Å²) in [6.45, 7) is 4.06. The minimum atomic E-state index is 0.727. The van der Waals surface area contributed by atoms with Crippen LogP contribution in [0.3, 0.4) is 0 Å². The molecule has 0 heterocycles. The summed E-state index contributed by atoms with van der Waals surface area (Å²) >= 11 is 0. The third-order valence-electron chi connectivity index (χ3n) is 1.07. The van der Waals surface area contributed by atoms with Crippen LogP contribution in [0.15, 0.2) is 23.8 Å². The van der Waals surface area contributed by atoms with E-state index < -0.39 is 0 Å². The summed E-state index contributed by atoms with van der Waals surface area (Å²) in [5.74, 6) is 2.53. The standard InChI is InChI=1S/C9H12/c1-4-6-7-8-9(3)5-2/h1,5,7-8H,6H2,2-3H3/b8-7-,9-5-. The Kier molecular flexibility index (Phi) is 4.63. The van der Waals surface area contributed by atoms with Gasteiger partial charge in [0.25, 0.3) is 0 Å². The van der Waals surface area contributed by atoms with Gasteiger partial charge >= 0.3 is 0 Å². The zero-order chi connectivity index (χ0) is 7.11. The third kappa shape index (κ3) is 4.90. The molecule has 0 aromatic carbocycles. The van der Waals surface area contributed by atoms with Crippen LogP contribution in [0.1, 0.15) is 20.3 Å². The number of allylic oxidation sites excluding steroid dienone is 4. The van der Waals surface area contributed by atoms with Crippen molar-refractivity contribution in [1.29, 1.82) is 0 Å². The van der Waals surface area contributed by atoms with Gasteiger partial charge in [-0.3, -0.25) is 0 Å². The van der Waals surface area contributed by atoms with E-state index in [2.05, 4.69) is 5.92 Å². The highest BCUT2D eigenvalue weighted by Gasteiger charge is 1.73. The predicted octanol–water partition coefficient (Wildman–Crippen LogP) is 2.53. The lowest BCUT2D eigenvalue weighted by atomic mass is 10.2. The van der Waals surface area contributed by atoms with E-state index in [-0.39, 0.29) is 0 Å². The number of hydrogen-bond acceptors (Lipinski definition) is 0. The molecule has 0 radical (unpaired) electrons. The van der Waals surface area contributed by atoms with Crippen LogP contribution in [0.4, 0.5) is 0 Å². The summed E-state index contributed by atoms with van der Waals surface area (Å²) in [4.78, 5) is 0. The van der Waals surface area contributed by atoms with Gasteiger partial charge in [-0.15, -0.1) is 12.3 Å². The van der Waals surface area contributed by atoms with E-state index in [0.29, 0.717) is 0 Å². The molecule has 0 bridgehead atoms. The Bertz CT molecular complexity index is 153. The van der Waals surface area contributed by atoms with Crippen molar-refractivity contribution in [2.45, 2.75) is 20.3 Å². The minimum absolute atomic E-state index is 0.727. The summed E-state index contributed by atoms with van der Waals surface area (Å²) in [7, 11) is 0. The molecule has 0 aliphatic heterocycles. The Morgan fingerprint density at radius 1 is 1.67 bits per heavy atom. The second-order valence-electron chi connectivity index (χ2n) is 1.84. The van der Waals surface area contributed by atoms with Crippen LogP contribution in [0.25, 0.3) is 0 Å². The summed E-state index contributed by atoms with van der Waals surface area (Å²) in [6, 6.07) is 0. The topological polar surface area (TPSA) is 0 Å². The van der Waals surface area contributed by atoms with E-state index >= 15 is 0 Å². The van der Waals surface area contributed by atoms with Gasteiger partial charge in [-0.25, -0.2) is 0 Å². The Hall–Kier alpha value is -0.960. The van der Waals surface area contributed by atoms with Gasteiger partial charge < -0.3 is 0 Å². The van der Waals surface area contributed by atoms with Crippen molar-refractivity contribution in [2.24, 2.45) is 0 Å². The molecule has 0 saturated carbocycles. The maximum atomic E-state index is 5.04. The van der Waals surface area contributed by atoms with Crippen LogP contribution in [0.5, 0.6) is 0 Å². The molecule has 0 amide bonds. The highest BCUT2D eigenvalue weighted by atomic mass is 13.8. The van der Waals surface area contributed by atoms with Gasteiger partial charge in [-0.1, -0.05) is 23.8 Å². The fraction of sp³-hybridized carbons (Fsp3) is 0.333. The fourth-order valence-electron chi connectivity index (χ4n) is 0.409. The van der Waals surface area contributed by atoms with Crippen LogP contribution in [0, 0.1) is 12.3 Å². The second kappa shape index (κ2) is 5.18. The zero-order valence-corrected chi connectivity index (χ0v) is 6.02. The van der Waals surface area contributed by atoms with Gasteiger partial charge in [-0.05, 0) is 13.8 Å². The van der Waals surface area contributed by atoms with E-state index in [4.69, 9.17) is 6.42 Å². The first-order valence-electron chi connectivity index (χ1n) is 3.04. The summed E-state index contributed by atoms with van der Waals surface area (Å²) in [5, 5.41) is 0. The first-order chi connectivity index (χ1) is 4.31. The highest BCUT2D eigenvalue weighted by Crippen LogP contribution is 1.93. The summed E-state index contributed by atoms with van der Waals surface area (Å²) in [6.07, 6.45) is 11.8. The maximum Gasteiger partial charge on any atom is 0.0270 e. The molecule has 0 aliphatic carbocycles. The van der Waals surface area contributed by atoms with E-state index in [1.54, 1.807) is 0 Å². The Labute approximate surface area is 57.3 Å². The first-order valence-corrected chi connectivity index (χ1v) is 3.04. The summed E-state index contributed by atoms with van der Waals surface area (Å²) in [5.41, 5.74) is 1.25. The predicted molar refractivity (Wildman–Crippen MR) is 42.0 cm³/mol. The van der Waals surface area contributed by atoms with Gasteiger partial charge in [0.2, 0.25) is 0 Å². The number of rotatable bonds is 2. The van der Waals surface area contributed by atoms with Crippen molar-refractivity contribution < 1.29 is 0 Å². The number of hydrogen-bond donors (Lipinski definition) is 0. The van der Waals surface area contributed by atoms with E-state index in [1.165, 1.54) is 5.57 Å². The van der Waals surface area contributed by atoms with Crippen molar-refractivity contribution in [2.75, 3.05) is 0 Å². The average molecular weight is 120 g/mol. The molecule has 48 valence electrons. The molecule has 0 rings (SSSR count). The van der Waals surface area contributed by atoms with Crippen molar-refractivity contribution in [3.63, 3.8) is 0 Å². The zero-order valence-electron chi connectivity index (χ0n) is 6.02. The molecule has 0 N–H and O–H groups in total. The van der Waals surface area contributed by atoms with Crippen LogP contribution in [-0.4, -0.2) is 0 Å². The molecule has 0 atom stereocenters. The molecule has 0 aliphatic rings. The average Bonchev–Trinajstić information content (AvgIpc) is 1.89. The Balaban J connectivity index is 3.61. The lowest BCUT2D eigenvalue weighted by Crippen LogP contribution is -1.64. The SMILES string of the molecule is C#CC/C=C\C(C)=C/C. The normalized spacial score (nSPS) is 11.9. The molecule has 0 nitrogen and oxygen atoms in total. The fourth-order valence-corrected chi connectivity index (χ4v) is 0.409. The van der Waals surface area contributed by atoms with Gasteiger partial charge in [-0.2, -0.15) is 0 Å². The number of terminal acetylenes is 1. The monoisotopic (exact) mass is 120 g/mol. The Morgan fingerprint density at radius 3 is 2.78 bits per heavy atom. The quantitative estimate of drug-likeness (QED) is 0.388. The summed E-state index contributed by atoms with van der Waals surface area (Å²) < 4.78 is 0. The van der Waals surface area contributed by atoms with Crippen LogP contribution in [-0.2, 0) is 0 Å². The van der Waals surface area contributed by atoms with Crippen LogP contribution >= 0.6 is 0 Å². The highest BCUT2D eigenvalue weighted by molar-refractivity contribution is 5.16. The van der Waals surface area contributed by atoms with E-state index in [1.807, 2.05) is 32.1 Å². The molecule has 0 fully saturated rings. The Morgan fingerprint density at radius 2 is 2.33 bits per heavy atom. The van der Waals surface area contributed by atoms with Crippen molar-refractivity contribution >= 4 is 0 Å². The molecule has 0 unspecified atom stereocenters.